The second-order valence-corrected chi connectivity index (χ2v) is 4.04. The van der Waals surface area contributed by atoms with Crippen LogP contribution in [0.2, 0.25) is 0 Å². The van der Waals surface area contributed by atoms with Crippen molar-refractivity contribution < 1.29 is 27.1 Å². The van der Waals surface area contributed by atoms with Gasteiger partial charge in [0.05, 0.1) is 19.5 Å². The average Bonchev–Trinajstić information content (AvgIpc) is 2.38. The first-order valence-electron chi connectivity index (χ1n) is 5.71. The molecular weight excluding hydrogens is 316 g/mol. The molecule has 0 heterocycles. The van der Waals surface area contributed by atoms with Crippen molar-refractivity contribution in [1.82, 2.24) is 5.32 Å². The molecule has 0 aliphatic carbocycles. The first kappa shape index (κ1) is 19.5. The second kappa shape index (κ2) is 8.68. The van der Waals surface area contributed by atoms with Gasteiger partial charge in [0.1, 0.15) is 5.75 Å². The third kappa shape index (κ3) is 7.72. The normalized spacial score (nSPS) is 11.0. The van der Waals surface area contributed by atoms with Crippen LogP contribution in [0.1, 0.15) is 5.56 Å². The molecule has 1 aromatic carbocycles. The Labute approximate surface area is 125 Å². The number of hydrogen-bond donors (Lipinski definition) is 2. The van der Waals surface area contributed by atoms with Gasteiger partial charge < -0.3 is 15.8 Å². The van der Waals surface area contributed by atoms with E-state index in [0.29, 0.717) is 5.56 Å². The summed E-state index contributed by atoms with van der Waals surface area (Å²) in [6, 6.07) is 5.34. The zero-order valence-corrected chi connectivity index (χ0v) is 11.6. The standard InChI is InChI=1S/C12H14F4N2O2.ClH/c13-11(14)20-9-3-1-8(2-4-9)5-10(19)18-7-12(15,16)6-17;/h1-4,11H,5-7,17H2,(H,18,19);1H. The molecule has 0 aliphatic rings. The van der Waals surface area contributed by atoms with Crippen molar-refractivity contribution in [3.05, 3.63) is 29.8 Å². The minimum atomic E-state index is -3.15. The van der Waals surface area contributed by atoms with Gasteiger partial charge in [-0.05, 0) is 17.7 Å². The second-order valence-electron chi connectivity index (χ2n) is 4.04. The van der Waals surface area contributed by atoms with Gasteiger partial charge >= 0.3 is 6.61 Å². The predicted molar refractivity (Wildman–Crippen MR) is 71.0 cm³/mol. The minimum Gasteiger partial charge on any atom is -0.435 e. The fraction of sp³-hybridized carbons (Fsp3) is 0.417. The Morgan fingerprint density at radius 1 is 1.29 bits per heavy atom. The average molecular weight is 331 g/mol. The molecule has 1 rings (SSSR count). The lowest BCUT2D eigenvalue weighted by atomic mass is 10.1. The molecular formula is C12H15ClF4N2O2. The third-order valence-corrected chi connectivity index (χ3v) is 2.36. The van der Waals surface area contributed by atoms with E-state index in [4.69, 9.17) is 5.73 Å². The number of carbonyl (C=O) groups excluding carboxylic acids is 1. The van der Waals surface area contributed by atoms with Crippen LogP contribution in [-0.2, 0) is 11.2 Å². The Morgan fingerprint density at radius 3 is 2.33 bits per heavy atom. The van der Waals surface area contributed by atoms with E-state index in [9.17, 15) is 22.4 Å². The van der Waals surface area contributed by atoms with Crippen molar-refractivity contribution in [2.75, 3.05) is 13.1 Å². The number of rotatable bonds is 7. The monoisotopic (exact) mass is 330 g/mol. The first-order chi connectivity index (χ1) is 9.32. The van der Waals surface area contributed by atoms with Crippen molar-refractivity contribution in [3.8, 4) is 5.75 Å². The highest BCUT2D eigenvalue weighted by molar-refractivity contribution is 5.85. The number of hydrogen-bond acceptors (Lipinski definition) is 3. The molecule has 9 heteroatoms. The zero-order chi connectivity index (χ0) is 15.2. The number of nitrogens with two attached hydrogens (primary N) is 1. The van der Waals surface area contributed by atoms with E-state index in [2.05, 4.69) is 4.74 Å². The Bertz CT molecular complexity index is 443. The summed E-state index contributed by atoms with van der Waals surface area (Å²) in [6.45, 7) is -4.62. The Kier molecular flexibility index (Phi) is 8.05. The molecule has 0 radical (unpaired) electrons. The molecule has 3 N–H and O–H groups in total. The summed E-state index contributed by atoms with van der Waals surface area (Å²) in [5.41, 5.74) is 5.31. The fourth-order valence-corrected chi connectivity index (χ4v) is 1.34. The van der Waals surface area contributed by atoms with Gasteiger partial charge in [-0.1, -0.05) is 12.1 Å². The van der Waals surface area contributed by atoms with E-state index in [1.165, 1.54) is 24.3 Å². The maximum Gasteiger partial charge on any atom is 0.387 e. The lowest BCUT2D eigenvalue weighted by Crippen LogP contribution is -2.42. The molecule has 4 nitrogen and oxygen atoms in total. The summed E-state index contributed by atoms with van der Waals surface area (Å²) in [6.07, 6.45) is -0.143. The molecule has 1 aromatic rings. The van der Waals surface area contributed by atoms with Crippen LogP contribution in [-0.4, -0.2) is 31.5 Å². The Hall–Kier alpha value is -1.54. The van der Waals surface area contributed by atoms with Gasteiger partial charge in [0.25, 0.3) is 5.92 Å². The number of benzene rings is 1. The maximum atomic E-state index is 12.8. The van der Waals surface area contributed by atoms with Gasteiger partial charge in [-0.3, -0.25) is 4.79 Å². The largest absolute Gasteiger partial charge is 0.435 e. The highest BCUT2D eigenvalue weighted by Crippen LogP contribution is 2.15. The van der Waals surface area contributed by atoms with Crippen molar-refractivity contribution in [1.29, 1.82) is 0 Å². The van der Waals surface area contributed by atoms with Gasteiger partial charge in [-0.15, -0.1) is 12.4 Å². The number of ether oxygens (including phenoxy) is 1. The molecule has 1 amide bonds. The SMILES string of the molecule is Cl.NCC(F)(F)CNC(=O)Cc1ccc(OC(F)F)cc1. The highest BCUT2D eigenvalue weighted by Gasteiger charge is 2.27. The zero-order valence-electron chi connectivity index (χ0n) is 10.8. The lowest BCUT2D eigenvalue weighted by Gasteiger charge is -2.14. The molecule has 0 fully saturated rings. The molecule has 0 spiro atoms. The topological polar surface area (TPSA) is 64.3 Å². The van der Waals surface area contributed by atoms with Crippen molar-refractivity contribution >= 4 is 18.3 Å². The van der Waals surface area contributed by atoms with Crippen molar-refractivity contribution in [2.24, 2.45) is 5.73 Å². The molecule has 120 valence electrons. The summed E-state index contributed by atoms with van der Waals surface area (Å²) in [7, 11) is 0. The highest BCUT2D eigenvalue weighted by atomic mass is 35.5. The number of halogens is 5. The predicted octanol–water partition coefficient (Wildman–Crippen LogP) is 1.96. The van der Waals surface area contributed by atoms with Gasteiger partial charge in [0.15, 0.2) is 0 Å². The van der Waals surface area contributed by atoms with Crippen LogP contribution in [0.4, 0.5) is 17.6 Å². The van der Waals surface area contributed by atoms with Gasteiger partial charge in [-0.2, -0.15) is 8.78 Å². The number of amides is 1. The smallest absolute Gasteiger partial charge is 0.387 e. The summed E-state index contributed by atoms with van der Waals surface area (Å²) in [5, 5.41) is 2.05. The molecule has 0 unspecified atom stereocenters. The van der Waals surface area contributed by atoms with E-state index < -0.39 is 31.5 Å². The molecule has 0 saturated heterocycles. The van der Waals surface area contributed by atoms with E-state index >= 15 is 0 Å². The molecule has 0 aliphatic heterocycles. The van der Waals surface area contributed by atoms with E-state index in [0.717, 1.165) is 0 Å². The maximum absolute atomic E-state index is 12.8. The number of alkyl halides is 4. The summed E-state index contributed by atoms with van der Waals surface area (Å²) in [4.78, 5) is 11.4. The quantitative estimate of drug-likeness (QED) is 0.751. The Balaban J connectivity index is 0.00000400. The molecule has 0 aromatic heterocycles. The van der Waals surface area contributed by atoms with Crippen LogP contribution in [0.15, 0.2) is 24.3 Å². The Morgan fingerprint density at radius 2 is 1.86 bits per heavy atom. The van der Waals surface area contributed by atoms with Gasteiger partial charge in [0.2, 0.25) is 5.91 Å². The lowest BCUT2D eigenvalue weighted by molar-refractivity contribution is -0.122. The van der Waals surface area contributed by atoms with Crippen molar-refractivity contribution in [2.45, 2.75) is 19.0 Å². The number of nitrogens with one attached hydrogen (secondary N) is 1. The van der Waals surface area contributed by atoms with E-state index in [1.54, 1.807) is 0 Å². The van der Waals surface area contributed by atoms with Crippen LogP contribution >= 0.6 is 12.4 Å². The minimum absolute atomic E-state index is 0. The number of carbonyl (C=O) groups is 1. The van der Waals surface area contributed by atoms with Crippen LogP contribution in [0, 0.1) is 0 Å². The molecule has 0 atom stereocenters. The van der Waals surface area contributed by atoms with Crippen LogP contribution < -0.4 is 15.8 Å². The molecule has 21 heavy (non-hydrogen) atoms. The van der Waals surface area contributed by atoms with Gasteiger partial charge in [-0.25, -0.2) is 8.78 Å². The molecule has 0 saturated carbocycles. The summed E-state index contributed by atoms with van der Waals surface area (Å²) in [5.74, 6) is -3.80. The van der Waals surface area contributed by atoms with Crippen molar-refractivity contribution in [3.63, 3.8) is 0 Å². The summed E-state index contributed by atoms with van der Waals surface area (Å²) < 4.78 is 53.6. The van der Waals surface area contributed by atoms with Crippen LogP contribution in [0.25, 0.3) is 0 Å². The van der Waals surface area contributed by atoms with Crippen LogP contribution in [0.3, 0.4) is 0 Å². The summed E-state index contributed by atoms with van der Waals surface area (Å²) >= 11 is 0. The fourth-order valence-electron chi connectivity index (χ4n) is 1.34. The van der Waals surface area contributed by atoms with E-state index in [1.807, 2.05) is 5.32 Å². The van der Waals surface area contributed by atoms with E-state index in [-0.39, 0.29) is 24.6 Å². The van der Waals surface area contributed by atoms with Gasteiger partial charge in [0, 0.05) is 0 Å². The van der Waals surface area contributed by atoms with Crippen LogP contribution in [0.5, 0.6) is 5.75 Å². The molecule has 0 bridgehead atoms. The first-order valence-corrected chi connectivity index (χ1v) is 5.71. The third-order valence-electron chi connectivity index (χ3n) is 2.36.